The minimum atomic E-state index is -0.434. The number of nitrogens with one attached hydrogen (secondary N) is 2. The highest BCUT2D eigenvalue weighted by Crippen LogP contribution is 2.14. The molecule has 124 valence electrons. The predicted molar refractivity (Wildman–Crippen MR) is 80.0 cm³/mol. The SMILES string of the molecule is Cc1cc(-c2noc(CNC(=O)NCc3cccc(F)c3)n2)no1. The number of hydrogen-bond donors (Lipinski definition) is 2. The zero-order valence-electron chi connectivity index (χ0n) is 12.7. The Morgan fingerprint density at radius 1 is 1.17 bits per heavy atom. The van der Waals surface area contributed by atoms with Crippen LogP contribution >= 0.6 is 0 Å². The third kappa shape index (κ3) is 3.94. The molecular formula is C15H14FN5O3. The maximum atomic E-state index is 13.0. The largest absolute Gasteiger partial charge is 0.361 e. The standard InChI is InChI=1S/C15H14FN5O3/c1-9-5-12(20-23-9)14-19-13(24-21-14)8-18-15(22)17-7-10-3-2-4-11(16)6-10/h2-6H,7-8H2,1H3,(H2,17,18,22). The Kier molecular flexibility index (Phi) is 4.50. The second kappa shape index (κ2) is 6.90. The first-order valence-corrected chi connectivity index (χ1v) is 7.12. The monoisotopic (exact) mass is 331 g/mol. The first-order valence-electron chi connectivity index (χ1n) is 7.12. The Morgan fingerprint density at radius 2 is 2.00 bits per heavy atom. The third-order valence-electron chi connectivity index (χ3n) is 3.07. The minimum absolute atomic E-state index is 0.0544. The molecule has 0 saturated heterocycles. The van der Waals surface area contributed by atoms with Crippen LogP contribution in [0.1, 0.15) is 17.2 Å². The molecule has 2 N–H and O–H groups in total. The van der Waals surface area contributed by atoms with E-state index in [4.69, 9.17) is 9.05 Å². The van der Waals surface area contributed by atoms with Crippen molar-refractivity contribution < 1.29 is 18.2 Å². The van der Waals surface area contributed by atoms with E-state index in [2.05, 4.69) is 25.9 Å². The van der Waals surface area contributed by atoms with E-state index < -0.39 is 6.03 Å². The van der Waals surface area contributed by atoms with Crippen molar-refractivity contribution in [1.29, 1.82) is 0 Å². The lowest BCUT2D eigenvalue weighted by atomic mass is 10.2. The van der Waals surface area contributed by atoms with Crippen molar-refractivity contribution in [1.82, 2.24) is 25.9 Å². The van der Waals surface area contributed by atoms with E-state index >= 15 is 0 Å². The van der Waals surface area contributed by atoms with Crippen molar-refractivity contribution in [3.05, 3.63) is 53.4 Å². The lowest BCUT2D eigenvalue weighted by molar-refractivity contribution is 0.238. The fourth-order valence-corrected chi connectivity index (χ4v) is 1.95. The summed E-state index contributed by atoms with van der Waals surface area (Å²) in [7, 11) is 0. The summed E-state index contributed by atoms with van der Waals surface area (Å²) >= 11 is 0. The molecule has 8 nitrogen and oxygen atoms in total. The number of rotatable bonds is 5. The average molecular weight is 331 g/mol. The van der Waals surface area contributed by atoms with Gasteiger partial charge < -0.3 is 19.7 Å². The summed E-state index contributed by atoms with van der Waals surface area (Å²) in [5, 5.41) is 12.7. The van der Waals surface area contributed by atoms with Gasteiger partial charge in [0.1, 0.15) is 11.6 Å². The molecule has 0 fully saturated rings. The van der Waals surface area contributed by atoms with E-state index in [0.29, 0.717) is 17.0 Å². The van der Waals surface area contributed by atoms with Gasteiger partial charge in [0.25, 0.3) is 0 Å². The van der Waals surface area contributed by atoms with Crippen LogP contribution in [0.3, 0.4) is 0 Å². The summed E-state index contributed by atoms with van der Waals surface area (Å²) in [6.45, 7) is 2.01. The number of hydrogen-bond acceptors (Lipinski definition) is 6. The molecule has 0 atom stereocenters. The molecular weight excluding hydrogens is 317 g/mol. The number of aromatic nitrogens is 3. The number of nitrogens with zero attached hydrogens (tertiary/aromatic N) is 3. The third-order valence-corrected chi connectivity index (χ3v) is 3.07. The summed E-state index contributed by atoms with van der Waals surface area (Å²) < 4.78 is 23.0. The Balaban J connectivity index is 1.49. The second-order valence-electron chi connectivity index (χ2n) is 5.00. The maximum Gasteiger partial charge on any atom is 0.315 e. The van der Waals surface area contributed by atoms with Gasteiger partial charge in [-0.15, -0.1) is 0 Å². The van der Waals surface area contributed by atoms with E-state index in [0.717, 1.165) is 0 Å². The van der Waals surface area contributed by atoms with Crippen LogP contribution in [-0.4, -0.2) is 21.3 Å². The number of benzene rings is 1. The summed E-state index contributed by atoms with van der Waals surface area (Å²) in [5.74, 6) is 0.790. The lowest BCUT2D eigenvalue weighted by Gasteiger charge is -2.05. The van der Waals surface area contributed by atoms with E-state index in [9.17, 15) is 9.18 Å². The van der Waals surface area contributed by atoms with Gasteiger partial charge in [-0.1, -0.05) is 22.4 Å². The van der Waals surface area contributed by atoms with Crippen LogP contribution in [-0.2, 0) is 13.1 Å². The van der Waals surface area contributed by atoms with Crippen LogP contribution in [0.25, 0.3) is 11.5 Å². The van der Waals surface area contributed by atoms with E-state index in [1.807, 2.05) is 0 Å². The van der Waals surface area contributed by atoms with Crippen LogP contribution in [0, 0.1) is 12.7 Å². The number of halogens is 1. The normalized spacial score (nSPS) is 10.6. The smallest absolute Gasteiger partial charge is 0.315 e. The quantitative estimate of drug-likeness (QED) is 0.742. The highest BCUT2D eigenvalue weighted by atomic mass is 19.1. The van der Waals surface area contributed by atoms with Crippen molar-refractivity contribution in [3.8, 4) is 11.5 Å². The Bertz CT molecular complexity index is 845. The molecule has 2 heterocycles. The van der Waals surface area contributed by atoms with Gasteiger partial charge in [-0.25, -0.2) is 9.18 Å². The van der Waals surface area contributed by atoms with Crippen LogP contribution in [0.2, 0.25) is 0 Å². The average Bonchev–Trinajstić information content (AvgIpc) is 3.20. The molecule has 0 radical (unpaired) electrons. The van der Waals surface area contributed by atoms with E-state index in [1.165, 1.54) is 12.1 Å². The van der Waals surface area contributed by atoms with Crippen LogP contribution in [0.4, 0.5) is 9.18 Å². The minimum Gasteiger partial charge on any atom is -0.361 e. The topological polar surface area (TPSA) is 106 Å². The lowest BCUT2D eigenvalue weighted by Crippen LogP contribution is -2.34. The summed E-state index contributed by atoms with van der Waals surface area (Å²) in [6, 6.07) is 7.23. The van der Waals surface area contributed by atoms with Crippen molar-refractivity contribution in [3.63, 3.8) is 0 Å². The molecule has 0 unspecified atom stereocenters. The maximum absolute atomic E-state index is 13.0. The van der Waals surface area contributed by atoms with Gasteiger partial charge in [0.2, 0.25) is 11.7 Å². The van der Waals surface area contributed by atoms with Crippen molar-refractivity contribution in [2.45, 2.75) is 20.0 Å². The van der Waals surface area contributed by atoms with Crippen molar-refractivity contribution in [2.24, 2.45) is 0 Å². The highest BCUT2D eigenvalue weighted by Gasteiger charge is 2.13. The molecule has 0 bridgehead atoms. The van der Waals surface area contributed by atoms with Crippen LogP contribution < -0.4 is 10.6 Å². The number of aryl methyl sites for hydroxylation is 1. The molecule has 0 aliphatic carbocycles. The summed E-state index contributed by atoms with van der Waals surface area (Å²) in [6.07, 6.45) is 0. The van der Waals surface area contributed by atoms with Gasteiger partial charge in [-0.2, -0.15) is 4.98 Å². The van der Waals surface area contributed by atoms with Gasteiger partial charge in [-0.05, 0) is 24.6 Å². The van der Waals surface area contributed by atoms with Gasteiger partial charge in [0.05, 0.1) is 6.54 Å². The molecule has 2 amide bonds. The number of urea groups is 1. The molecule has 1 aromatic carbocycles. The predicted octanol–water partition coefficient (Wildman–Crippen LogP) is 2.17. The Labute approximate surface area is 136 Å². The van der Waals surface area contributed by atoms with E-state index in [1.54, 1.807) is 25.1 Å². The fraction of sp³-hybridized carbons (Fsp3) is 0.200. The molecule has 0 saturated carbocycles. The molecule has 9 heteroatoms. The van der Waals surface area contributed by atoms with Crippen LogP contribution in [0.15, 0.2) is 39.4 Å². The van der Waals surface area contributed by atoms with Crippen molar-refractivity contribution in [2.75, 3.05) is 0 Å². The number of carbonyl (C=O) groups excluding carboxylic acids is 1. The molecule has 0 spiro atoms. The molecule has 24 heavy (non-hydrogen) atoms. The molecule has 0 aliphatic heterocycles. The zero-order valence-corrected chi connectivity index (χ0v) is 12.7. The van der Waals surface area contributed by atoms with E-state index in [-0.39, 0.29) is 30.6 Å². The molecule has 2 aromatic heterocycles. The Morgan fingerprint density at radius 3 is 2.75 bits per heavy atom. The van der Waals surface area contributed by atoms with Gasteiger partial charge >= 0.3 is 6.03 Å². The first kappa shape index (κ1) is 15.7. The molecule has 0 aliphatic rings. The highest BCUT2D eigenvalue weighted by molar-refractivity contribution is 5.73. The zero-order chi connectivity index (χ0) is 16.9. The first-order chi connectivity index (χ1) is 11.6. The van der Waals surface area contributed by atoms with Crippen molar-refractivity contribution >= 4 is 6.03 Å². The number of carbonyl (C=O) groups is 1. The van der Waals surface area contributed by atoms with Gasteiger partial charge in [0.15, 0.2) is 5.69 Å². The fourth-order valence-electron chi connectivity index (χ4n) is 1.95. The van der Waals surface area contributed by atoms with Gasteiger partial charge in [0, 0.05) is 12.6 Å². The van der Waals surface area contributed by atoms with Crippen LogP contribution in [0.5, 0.6) is 0 Å². The second-order valence-corrected chi connectivity index (χ2v) is 5.00. The molecule has 3 rings (SSSR count). The number of amides is 2. The summed E-state index contributed by atoms with van der Waals surface area (Å²) in [5.41, 5.74) is 1.12. The van der Waals surface area contributed by atoms with Gasteiger partial charge in [-0.3, -0.25) is 0 Å². The Hall–Kier alpha value is -3.23. The molecule has 3 aromatic rings. The summed E-state index contributed by atoms with van der Waals surface area (Å²) in [4.78, 5) is 15.8.